The molecule has 7 heteroatoms. The first-order valence-corrected chi connectivity index (χ1v) is 15.8. The number of sulfone groups is 1. The van der Waals surface area contributed by atoms with Gasteiger partial charge in [-0.05, 0) is 59.1 Å². The Morgan fingerprint density at radius 2 is 1.40 bits per heavy atom. The van der Waals surface area contributed by atoms with Crippen molar-refractivity contribution in [1.29, 1.82) is 0 Å². The van der Waals surface area contributed by atoms with Crippen molar-refractivity contribution in [2.75, 3.05) is 7.11 Å². The summed E-state index contributed by atoms with van der Waals surface area (Å²) in [6, 6.07) is 16.6. The summed E-state index contributed by atoms with van der Waals surface area (Å²) in [7, 11) is -2.69. The summed E-state index contributed by atoms with van der Waals surface area (Å²) in [5, 5.41) is -1.12. The first kappa shape index (κ1) is 31.4. The average molecular weight is 589 g/mol. The van der Waals surface area contributed by atoms with Gasteiger partial charge in [0, 0.05) is 11.0 Å². The molecule has 0 N–H and O–H groups in total. The van der Waals surface area contributed by atoms with Crippen LogP contribution in [0.1, 0.15) is 71.2 Å². The van der Waals surface area contributed by atoms with Crippen molar-refractivity contribution in [2.24, 2.45) is 16.2 Å². The minimum atomic E-state index is -4.04. The molecule has 2 aliphatic carbocycles. The maximum Gasteiger partial charge on any atom is 0.200 e. The van der Waals surface area contributed by atoms with Crippen molar-refractivity contribution in [3.05, 3.63) is 101 Å². The molecule has 3 atom stereocenters. The molecule has 2 bridgehead atoms. The van der Waals surface area contributed by atoms with Gasteiger partial charge in [0.25, 0.3) is 0 Å². The number of hydrogen-bond donors (Lipinski definition) is 0. The Balaban J connectivity index is 2.16. The van der Waals surface area contributed by atoms with Crippen LogP contribution in [0.4, 0.5) is 0 Å². The monoisotopic (exact) mass is 588 g/mol. The molecule has 2 aromatic rings. The number of carbonyl (C=O) groups excluding carboxylic acids is 3. The molecule has 222 valence electrons. The largest absolute Gasteiger partial charge is 0.499 e. The molecule has 1 fully saturated rings. The molecule has 0 spiro atoms. The number of allylic oxidation sites excluding steroid dienone is 6. The van der Waals surface area contributed by atoms with E-state index in [1.165, 1.54) is 7.11 Å². The van der Waals surface area contributed by atoms with Crippen molar-refractivity contribution in [3.63, 3.8) is 0 Å². The van der Waals surface area contributed by atoms with Crippen LogP contribution in [0, 0.1) is 16.2 Å². The number of rotatable bonds is 9. The highest BCUT2D eigenvalue weighted by molar-refractivity contribution is 7.92. The maximum absolute atomic E-state index is 15.1. The van der Waals surface area contributed by atoms with Crippen LogP contribution in [0.15, 0.2) is 100 Å². The molecule has 6 nitrogen and oxygen atoms in total. The second-order valence-corrected chi connectivity index (χ2v) is 14.6. The van der Waals surface area contributed by atoms with E-state index in [4.69, 9.17) is 4.74 Å². The lowest BCUT2D eigenvalue weighted by atomic mass is 9.43. The van der Waals surface area contributed by atoms with Crippen molar-refractivity contribution in [2.45, 2.75) is 71.0 Å². The Bertz CT molecular complexity index is 1600. The summed E-state index contributed by atoms with van der Waals surface area (Å²) in [4.78, 5) is 44.1. The standard InChI is InChI=1S/C35H40O6S/c1-23(2)18-20-34-22-27(42(39,40)26-16-12-9-13-17-26)33(5,6)35(32(34)38,21-19-24(3)4)31(41-7)28(30(34)37)29(36)25-14-10-8-11-15-25/h8-19,27H,20-22H2,1-7H3/t27-,34-,35+/m1/s1. The fourth-order valence-corrected chi connectivity index (χ4v) is 9.07. The highest BCUT2D eigenvalue weighted by Gasteiger charge is 2.74. The normalized spacial score (nSPS) is 25.1. The average Bonchev–Trinajstić information content (AvgIpc) is 2.95. The summed E-state index contributed by atoms with van der Waals surface area (Å²) in [6.07, 6.45) is 3.51. The number of fused-ring (bicyclic) bond motifs is 2. The predicted molar refractivity (Wildman–Crippen MR) is 164 cm³/mol. The molecule has 0 aliphatic heterocycles. The first-order chi connectivity index (χ1) is 19.7. The summed E-state index contributed by atoms with van der Waals surface area (Å²) in [5.41, 5.74) is -2.72. The highest BCUT2D eigenvalue weighted by atomic mass is 32.2. The minimum Gasteiger partial charge on any atom is -0.499 e. The van der Waals surface area contributed by atoms with Gasteiger partial charge in [0.2, 0.25) is 0 Å². The molecule has 4 rings (SSSR count). The lowest BCUT2D eigenvalue weighted by Gasteiger charge is -2.60. The SMILES string of the molecule is COC1=C(C(=O)c2ccccc2)C(=O)[C@@]2(CC=C(C)C)C[C@@H](S(=O)(=O)c3ccccc3)C(C)(C)[C@]1(CC=C(C)C)C2=O. The Morgan fingerprint density at radius 1 is 0.881 bits per heavy atom. The molecule has 2 aromatic carbocycles. The van der Waals surface area contributed by atoms with E-state index in [-0.39, 0.29) is 41.3 Å². The van der Waals surface area contributed by atoms with E-state index in [1.807, 2.05) is 33.8 Å². The van der Waals surface area contributed by atoms with Crippen LogP contribution in [0.3, 0.4) is 0 Å². The third-order valence-corrected chi connectivity index (χ3v) is 11.6. The third kappa shape index (κ3) is 4.72. The number of Topliss-reactive ketones (excluding diaryl/α,β-unsaturated/α-hetero) is 3. The van der Waals surface area contributed by atoms with E-state index in [9.17, 15) is 18.0 Å². The van der Waals surface area contributed by atoms with E-state index < -0.39 is 42.9 Å². The van der Waals surface area contributed by atoms with E-state index in [0.29, 0.717) is 5.56 Å². The van der Waals surface area contributed by atoms with E-state index in [0.717, 1.165) is 11.1 Å². The molecule has 42 heavy (non-hydrogen) atoms. The zero-order valence-electron chi connectivity index (χ0n) is 25.5. The van der Waals surface area contributed by atoms with Crippen molar-refractivity contribution < 1.29 is 27.5 Å². The predicted octanol–water partition coefficient (Wildman–Crippen LogP) is 6.88. The number of benzene rings is 2. The summed E-state index contributed by atoms with van der Waals surface area (Å²) >= 11 is 0. The first-order valence-electron chi connectivity index (χ1n) is 14.2. The smallest absolute Gasteiger partial charge is 0.200 e. The Morgan fingerprint density at radius 3 is 1.93 bits per heavy atom. The molecule has 0 unspecified atom stereocenters. The van der Waals surface area contributed by atoms with Gasteiger partial charge in [-0.3, -0.25) is 14.4 Å². The Labute approximate surface area is 249 Å². The van der Waals surface area contributed by atoms with Gasteiger partial charge in [0.1, 0.15) is 11.3 Å². The van der Waals surface area contributed by atoms with Crippen LogP contribution in [0.25, 0.3) is 0 Å². The number of ketones is 3. The van der Waals surface area contributed by atoms with Crippen LogP contribution >= 0.6 is 0 Å². The van der Waals surface area contributed by atoms with Gasteiger partial charge in [0.05, 0.1) is 28.1 Å². The molecular weight excluding hydrogens is 548 g/mol. The maximum atomic E-state index is 15.1. The number of methoxy groups -OCH3 is 1. The van der Waals surface area contributed by atoms with Gasteiger partial charge in [-0.2, -0.15) is 0 Å². The topological polar surface area (TPSA) is 94.6 Å². The molecule has 0 radical (unpaired) electrons. The fourth-order valence-electron chi connectivity index (χ4n) is 6.73. The van der Waals surface area contributed by atoms with Gasteiger partial charge in [-0.15, -0.1) is 0 Å². The molecule has 0 amide bonds. The summed E-state index contributed by atoms with van der Waals surface area (Å²) in [5.74, 6) is -1.64. The van der Waals surface area contributed by atoms with E-state index in [1.54, 1.807) is 80.6 Å². The molecule has 0 saturated heterocycles. The molecule has 2 aliphatic rings. The second-order valence-electron chi connectivity index (χ2n) is 12.5. The van der Waals surface area contributed by atoms with E-state index >= 15 is 4.79 Å². The van der Waals surface area contributed by atoms with Crippen LogP contribution < -0.4 is 0 Å². The van der Waals surface area contributed by atoms with Crippen LogP contribution in [0.2, 0.25) is 0 Å². The van der Waals surface area contributed by atoms with Crippen LogP contribution in [-0.4, -0.2) is 38.1 Å². The van der Waals surface area contributed by atoms with Gasteiger partial charge in [0.15, 0.2) is 27.2 Å². The zero-order valence-corrected chi connectivity index (χ0v) is 26.3. The van der Waals surface area contributed by atoms with E-state index in [2.05, 4.69) is 0 Å². The number of carbonyl (C=O) groups is 3. The molecule has 1 saturated carbocycles. The molecule has 0 aromatic heterocycles. The highest BCUT2D eigenvalue weighted by Crippen LogP contribution is 2.66. The lowest BCUT2D eigenvalue weighted by Crippen LogP contribution is -2.69. The van der Waals surface area contributed by atoms with Gasteiger partial charge >= 0.3 is 0 Å². The van der Waals surface area contributed by atoms with Crippen LogP contribution in [0.5, 0.6) is 0 Å². The summed E-state index contributed by atoms with van der Waals surface area (Å²) in [6.45, 7) is 11.0. The minimum absolute atomic E-state index is 0.0109. The Hall–Kier alpha value is -3.58. The number of ether oxygens (including phenoxy) is 1. The molecular formula is C35H40O6S. The zero-order chi connectivity index (χ0) is 31.1. The van der Waals surface area contributed by atoms with Crippen molar-refractivity contribution >= 4 is 27.2 Å². The van der Waals surface area contributed by atoms with Gasteiger partial charge in [-0.25, -0.2) is 8.42 Å². The molecule has 0 heterocycles. The van der Waals surface area contributed by atoms with Gasteiger partial charge < -0.3 is 4.74 Å². The number of hydrogen-bond acceptors (Lipinski definition) is 6. The van der Waals surface area contributed by atoms with Crippen molar-refractivity contribution in [1.82, 2.24) is 0 Å². The third-order valence-electron chi connectivity index (χ3n) is 9.13. The van der Waals surface area contributed by atoms with Gasteiger partial charge in [-0.1, -0.05) is 85.7 Å². The lowest BCUT2D eigenvalue weighted by molar-refractivity contribution is -0.162. The second kappa shape index (κ2) is 11.3. The fraction of sp³-hybridized carbons (Fsp3) is 0.400. The summed E-state index contributed by atoms with van der Waals surface area (Å²) < 4.78 is 34.9. The quantitative estimate of drug-likeness (QED) is 0.137. The van der Waals surface area contributed by atoms with Crippen molar-refractivity contribution in [3.8, 4) is 0 Å². The Kier molecular flexibility index (Phi) is 8.40. The van der Waals surface area contributed by atoms with Crippen LogP contribution in [-0.2, 0) is 24.2 Å².